The van der Waals surface area contributed by atoms with Crippen LogP contribution in [0.4, 0.5) is 0 Å². The summed E-state index contributed by atoms with van der Waals surface area (Å²) in [6.45, 7) is 9.02. The minimum atomic E-state index is -2.49. The van der Waals surface area contributed by atoms with Crippen LogP contribution >= 0.6 is 0 Å². The van der Waals surface area contributed by atoms with Crippen LogP contribution in [0.3, 0.4) is 0 Å². The Kier molecular flexibility index (Phi) is 6.58. The van der Waals surface area contributed by atoms with Crippen molar-refractivity contribution in [3.8, 4) is 6.07 Å². The molecule has 0 N–H and O–H groups in total. The molecule has 25 heavy (non-hydrogen) atoms. The van der Waals surface area contributed by atoms with E-state index < -0.39 is 8.32 Å². The second-order valence-corrected chi connectivity index (χ2v) is 11.8. The van der Waals surface area contributed by atoms with Crippen LogP contribution < -0.4 is 10.4 Å². The molecule has 0 aliphatic rings. The predicted octanol–water partition coefficient (Wildman–Crippen LogP) is 4.65. The van der Waals surface area contributed by atoms with Gasteiger partial charge in [-0.1, -0.05) is 88.4 Å². The molecule has 2 aromatic rings. The molecule has 0 aliphatic carbocycles. The summed E-state index contributed by atoms with van der Waals surface area (Å²) in [5.74, 6) is 0. The van der Waals surface area contributed by atoms with Crippen molar-refractivity contribution in [2.24, 2.45) is 0 Å². The third-order valence-corrected chi connectivity index (χ3v) is 9.89. The average molecular weight is 352 g/mol. The van der Waals surface area contributed by atoms with E-state index in [0.29, 0.717) is 6.42 Å². The molecule has 0 aliphatic heterocycles. The summed E-state index contributed by atoms with van der Waals surface area (Å²) in [6, 6.07) is 23.6. The molecule has 132 valence electrons. The van der Waals surface area contributed by atoms with Crippen molar-refractivity contribution in [3.63, 3.8) is 0 Å². The van der Waals surface area contributed by atoms with E-state index in [-0.39, 0.29) is 11.1 Å². The van der Waals surface area contributed by atoms with E-state index in [9.17, 15) is 0 Å². The normalized spacial score (nSPS) is 13.2. The van der Waals surface area contributed by atoms with Gasteiger partial charge in [-0.05, 0) is 28.3 Å². The Balaban J connectivity index is 2.62. The molecule has 2 rings (SSSR count). The highest BCUT2D eigenvalue weighted by Gasteiger charge is 2.51. The molecule has 0 radical (unpaired) electrons. The fourth-order valence-electron chi connectivity index (χ4n) is 3.51. The fraction of sp³-hybridized carbons (Fsp3) is 0.409. The van der Waals surface area contributed by atoms with Gasteiger partial charge in [0.2, 0.25) is 0 Å². The maximum Gasteiger partial charge on any atom is 0.261 e. The van der Waals surface area contributed by atoms with Crippen molar-refractivity contribution >= 4 is 18.7 Å². The zero-order valence-corrected chi connectivity index (χ0v) is 16.8. The average Bonchev–Trinajstić information content (AvgIpc) is 2.62. The van der Waals surface area contributed by atoms with E-state index in [1.165, 1.54) is 10.4 Å². The van der Waals surface area contributed by atoms with Gasteiger partial charge in [-0.25, -0.2) is 0 Å². The molecule has 0 heterocycles. The monoisotopic (exact) mass is 351 g/mol. The second kappa shape index (κ2) is 8.47. The van der Waals surface area contributed by atoms with Gasteiger partial charge in [0.25, 0.3) is 8.32 Å². The van der Waals surface area contributed by atoms with Crippen LogP contribution in [-0.2, 0) is 4.43 Å². The Morgan fingerprint density at radius 3 is 1.80 bits per heavy atom. The lowest BCUT2D eigenvalue weighted by Gasteiger charge is -2.45. The van der Waals surface area contributed by atoms with Crippen molar-refractivity contribution in [3.05, 3.63) is 60.7 Å². The highest BCUT2D eigenvalue weighted by molar-refractivity contribution is 6.99. The summed E-state index contributed by atoms with van der Waals surface area (Å²) in [4.78, 5) is 0. The molecule has 0 saturated carbocycles. The Labute approximate surface area is 153 Å². The van der Waals surface area contributed by atoms with E-state index in [0.717, 1.165) is 12.8 Å². The predicted molar refractivity (Wildman–Crippen MR) is 108 cm³/mol. The van der Waals surface area contributed by atoms with Crippen LogP contribution in [0.2, 0.25) is 5.04 Å². The maximum absolute atomic E-state index is 9.01. The van der Waals surface area contributed by atoms with Gasteiger partial charge in [0.1, 0.15) is 0 Å². The summed E-state index contributed by atoms with van der Waals surface area (Å²) < 4.78 is 7.01. The first-order valence-electron chi connectivity index (χ1n) is 9.11. The first kappa shape index (κ1) is 19.4. The molecule has 0 aromatic heterocycles. The molecule has 0 saturated heterocycles. The third kappa shape index (κ3) is 4.20. The first-order valence-corrected chi connectivity index (χ1v) is 11.0. The van der Waals surface area contributed by atoms with Gasteiger partial charge in [0, 0.05) is 12.5 Å². The molecule has 0 unspecified atom stereocenters. The van der Waals surface area contributed by atoms with Gasteiger partial charge in [-0.15, -0.1) is 0 Å². The molecule has 3 heteroatoms. The largest absolute Gasteiger partial charge is 0.404 e. The van der Waals surface area contributed by atoms with Crippen LogP contribution in [0.15, 0.2) is 60.7 Å². The molecule has 0 spiro atoms. The second-order valence-electron chi connectivity index (χ2n) is 7.51. The molecule has 0 amide bonds. The standard InChI is InChI=1S/C22H29NOSi/c1-5-19(13-12-18-23)24-25(22(2,3)4,20-14-8-6-9-15-20)21-16-10-7-11-17-21/h6-11,14-17,19H,5,12-13H2,1-4H3/t19-/m1/s1. The molecular weight excluding hydrogens is 322 g/mol. The first-order chi connectivity index (χ1) is 12.0. The van der Waals surface area contributed by atoms with E-state index >= 15 is 0 Å². The van der Waals surface area contributed by atoms with Crippen molar-refractivity contribution < 1.29 is 4.43 Å². The van der Waals surface area contributed by atoms with Crippen LogP contribution in [0.25, 0.3) is 0 Å². The third-order valence-electron chi connectivity index (χ3n) is 4.79. The van der Waals surface area contributed by atoms with Crippen molar-refractivity contribution in [2.75, 3.05) is 0 Å². The lowest BCUT2D eigenvalue weighted by atomic mass is 10.2. The van der Waals surface area contributed by atoms with Crippen molar-refractivity contribution in [2.45, 2.75) is 58.1 Å². The summed E-state index contributed by atoms with van der Waals surface area (Å²) >= 11 is 0. The van der Waals surface area contributed by atoms with Crippen LogP contribution in [0.1, 0.15) is 47.0 Å². The minimum Gasteiger partial charge on any atom is -0.404 e. The van der Waals surface area contributed by atoms with E-state index in [2.05, 4.69) is 94.4 Å². The van der Waals surface area contributed by atoms with E-state index in [1.54, 1.807) is 0 Å². The number of rotatable bonds is 7. The smallest absolute Gasteiger partial charge is 0.261 e. The SMILES string of the molecule is CC[C@H](CCC#N)O[Si](c1ccccc1)(c1ccccc1)C(C)(C)C. The number of hydrogen-bond donors (Lipinski definition) is 0. The van der Waals surface area contributed by atoms with Gasteiger partial charge >= 0.3 is 0 Å². The molecule has 0 bridgehead atoms. The Bertz CT molecular complexity index is 646. The molecule has 2 nitrogen and oxygen atoms in total. The fourth-order valence-corrected chi connectivity index (χ4v) is 8.31. The van der Waals surface area contributed by atoms with Gasteiger partial charge in [-0.2, -0.15) is 5.26 Å². The number of nitrogens with zero attached hydrogens (tertiary/aromatic N) is 1. The van der Waals surface area contributed by atoms with Gasteiger partial charge in [0.05, 0.1) is 6.07 Å². The van der Waals surface area contributed by atoms with Crippen molar-refractivity contribution in [1.29, 1.82) is 5.26 Å². The highest BCUT2D eigenvalue weighted by atomic mass is 28.4. The molecule has 1 atom stereocenters. The Hall–Kier alpha value is -1.89. The summed E-state index contributed by atoms with van der Waals surface area (Å²) in [5.41, 5.74) is 0. The van der Waals surface area contributed by atoms with E-state index in [1.807, 2.05) is 0 Å². The van der Waals surface area contributed by atoms with Crippen molar-refractivity contribution in [1.82, 2.24) is 0 Å². The highest BCUT2D eigenvalue weighted by Crippen LogP contribution is 2.38. The van der Waals surface area contributed by atoms with Gasteiger partial charge in [-0.3, -0.25) is 0 Å². The number of hydrogen-bond acceptors (Lipinski definition) is 2. The van der Waals surface area contributed by atoms with Crippen LogP contribution in [0, 0.1) is 11.3 Å². The molecular formula is C22H29NOSi. The van der Waals surface area contributed by atoms with Crippen LogP contribution in [-0.4, -0.2) is 14.4 Å². The van der Waals surface area contributed by atoms with Gasteiger partial charge in [0.15, 0.2) is 0 Å². The minimum absolute atomic E-state index is 0.0181. The van der Waals surface area contributed by atoms with Crippen LogP contribution in [0.5, 0.6) is 0 Å². The number of benzene rings is 2. The maximum atomic E-state index is 9.01. The Morgan fingerprint density at radius 2 is 1.44 bits per heavy atom. The lowest BCUT2D eigenvalue weighted by Crippen LogP contribution is -2.67. The quantitative estimate of drug-likeness (QED) is 0.681. The lowest BCUT2D eigenvalue weighted by molar-refractivity contribution is 0.175. The number of nitriles is 1. The Morgan fingerprint density at radius 1 is 0.960 bits per heavy atom. The van der Waals surface area contributed by atoms with E-state index in [4.69, 9.17) is 9.69 Å². The van der Waals surface area contributed by atoms with Gasteiger partial charge < -0.3 is 4.43 Å². The molecule has 2 aromatic carbocycles. The summed E-state index contributed by atoms with van der Waals surface area (Å²) in [6.07, 6.45) is 2.35. The zero-order valence-electron chi connectivity index (χ0n) is 15.8. The summed E-state index contributed by atoms with van der Waals surface area (Å²) in [7, 11) is -2.49. The zero-order chi connectivity index (χ0) is 18.3. The summed E-state index contributed by atoms with van der Waals surface area (Å²) in [5, 5.41) is 11.6. The topological polar surface area (TPSA) is 33.0 Å². The molecule has 0 fully saturated rings.